The van der Waals surface area contributed by atoms with Gasteiger partial charge in [0.2, 0.25) is 5.82 Å². The summed E-state index contributed by atoms with van der Waals surface area (Å²) < 4.78 is 0. The van der Waals surface area contributed by atoms with E-state index in [9.17, 15) is 0 Å². The summed E-state index contributed by atoms with van der Waals surface area (Å²) in [4.78, 5) is 1.42. The van der Waals surface area contributed by atoms with Crippen molar-refractivity contribution in [3.8, 4) is 17.1 Å². The maximum atomic E-state index is 6.21. The molecule has 20 heavy (non-hydrogen) atoms. The molecule has 0 unspecified atom stereocenters. The Morgan fingerprint density at radius 1 is 1.05 bits per heavy atom. The van der Waals surface area contributed by atoms with E-state index in [1.807, 2.05) is 42.5 Å². The van der Waals surface area contributed by atoms with Gasteiger partial charge in [-0.3, -0.25) is 0 Å². The Bertz CT molecular complexity index is 723. The number of aromatic nitrogens is 4. The molecule has 3 aromatic rings. The van der Waals surface area contributed by atoms with E-state index in [0.29, 0.717) is 23.1 Å². The van der Waals surface area contributed by atoms with Gasteiger partial charge in [0.1, 0.15) is 5.69 Å². The summed E-state index contributed by atoms with van der Waals surface area (Å²) in [5, 5.41) is 13.1. The molecule has 2 aromatic carbocycles. The molecule has 6 heteroatoms. The number of halogens is 1. The fraction of sp³-hybridized carbons (Fsp3) is 0.0714. The highest BCUT2D eigenvalue weighted by Gasteiger charge is 2.13. The van der Waals surface area contributed by atoms with E-state index in [-0.39, 0.29) is 0 Å². The van der Waals surface area contributed by atoms with Crippen LogP contribution in [0.5, 0.6) is 0 Å². The molecule has 3 rings (SSSR count). The minimum absolute atomic E-state index is 0.359. The monoisotopic (exact) mass is 285 g/mol. The first-order valence-corrected chi connectivity index (χ1v) is 6.50. The molecule has 0 saturated carbocycles. The molecule has 0 bridgehead atoms. The number of nitrogens with zero attached hydrogens (tertiary/aromatic N) is 4. The molecule has 0 atom stereocenters. The Balaban J connectivity index is 2.07. The smallest absolute Gasteiger partial charge is 0.205 e. The zero-order valence-electron chi connectivity index (χ0n) is 10.6. The van der Waals surface area contributed by atoms with Crippen LogP contribution in [0.15, 0.2) is 48.5 Å². The maximum absolute atomic E-state index is 6.21. The van der Waals surface area contributed by atoms with Crippen LogP contribution in [0.3, 0.4) is 0 Å². The van der Waals surface area contributed by atoms with Crippen LogP contribution in [0, 0.1) is 0 Å². The number of tetrazole rings is 1. The summed E-state index contributed by atoms with van der Waals surface area (Å²) in [6.45, 7) is 0.359. The lowest BCUT2D eigenvalue weighted by Gasteiger charge is -2.07. The molecule has 0 aliphatic carbocycles. The van der Waals surface area contributed by atoms with Crippen molar-refractivity contribution in [3.63, 3.8) is 0 Å². The molecule has 0 fully saturated rings. The fourth-order valence-electron chi connectivity index (χ4n) is 1.96. The van der Waals surface area contributed by atoms with Gasteiger partial charge in [-0.25, -0.2) is 0 Å². The zero-order chi connectivity index (χ0) is 13.9. The van der Waals surface area contributed by atoms with Gasteiger partial charge in [-0.1, -0.05) is 54.1 Å². The Hall–Kier alpha value is -2.24. The lowest BCUT2D eigenvalue weighted by Crippen LogP contribution is -2.07. The first kappa shape index (κ1) is 12.8. The predicted octanol–water partition coefficient (Wildman–Crippen LogP) is 2.44. The van der Waals surface area contributed by atoms with E-state index in [1.165, 1.54) is 4.80 Å². The van der Waals surface area contributed by atoms with E-state index in [2.05, 4.69) is 15.4 Å². The summed E-state index contributed by atoms with van der Waals surface area (Å²) in [6, 6.07) is 15.2. The second kappa shape index (κ2) is 5.40. The van der Waals surface area contributed by atoms with Gasteiger partial charge in [0, 0.05) is 12.1 Å². The third-order valence-electron chi connectivity index (χ3n) is 2.94. The fourth-order valence-corrected chi connectivity index (χ4v) is 2.23. The van der Waals surface area contributed by atoms with Crippen LogP contribution in [0.2, 0.25) is 5.02 Å². The molecule has 0 aliphatic heterocycles. The first-order valence-electron chi connectivity index (χ1n) is 6.13. The average Bonchev–Trinajstić information content (AvgIpc) is 2.97. The molecule has 0 amide bonds. The summed E-state index contributed by atoms with van der Waals surface area (Å²) in [7, 11) is 0. The van der Waals surface area contributed by atoms with E-state index >= 15 is 0 Å². The molecule has 0 saturated heterocycles. The van der Waals surface area contributed by atoms with Crippen LogP contribution in [0.25, 0.3) is 17.1 Å². The molecular formula is C14H12ClN5. The van der Waals surface area contributed by atoms with Crippen LogP contribution in [0.4, 0.5) is 0 Å². The van der Waals surface area contributed by atoms with Crippen LogP contribution in [-0.2, 0) is 6.54 Å². The quantitative estimate of drug-likeness (QED) is 0.802. The second-order valence-electron chi connectivity index (χ2n) is 4.22. The van der Waals surface area contributed by atoms with E-state index < -0.39 is 0 Å². The van der Waals surface area contributed by atoms with Gasteiger partial charge in [-0.15, -0.1) is 15.0 Å². The molecule has 0 radical (unpaired) electrons. The van der Waals surface area contributed by atoms with Crippen molar-refractivity contribution in [2.45, 2.75) is 6.54 Å². The van der Waals surface area contributed by atoms with E-state index in [0.717, 1.165) is 11.1 Å². The van der Waals surface area contributed by atoms with Gasteiger partial charge in [0.25, 0.3) is 0 Å². The summed E-state index contributed by atoms with van der Waals surface area (Å²) in [6.07, 6.45) is 0. The van der Waals surface area contributed by atoms with Gasteiger partial charge in [-0.2, -0.15) is 0 Å². The van der Waals surface area contributed by atoms with Gasteiger partial charge in [0.15, 0.2) is 0 Å². The summed E-state index contributed by atoms with van der Waals surface area (Å²) in [5.41, 5.74) is 8.17. The molecule has 0 aliphatic rings. The van der Waals surface area contributed by atoms with Gasteiger partial charge in [0.05, 0.1) is 5.02 Å². The van der Waals surface area contributed by atoms with Crippen molar-refractivity contribution < 1.29 is 0 Å². The minimum atomic E-state index is 0.359. The number of hydrogen-bond acceptors (Lipinski definition) is 4. The molecule has 1 heterocycles. The van der Waals surface area contributed by atoms with Crippen molar-refractivity contribution in [2.24, 2.45) is 5.73 Å². The summed E-state index contributed by atoms with van der Waals surface area (Å²) in [5.74, 6) is 0.550. The predicted molar refractivity (Wildman–Crippen MR) is 77.5 cm³/mol. The van der Waals surface area contributed by atoms with E-state index in [4.69, 9.17) is 17.3 Å². The SMILES string of the molecule is NCc1cccc(Cl)c1-n1nnc(-c2ccccc2)n1. The van der Waals surface area contributed by atoms with Crippen LogP contribution < -0.4 is 5.73 Å². The van der Waals surface area contributed by atoms with Crippen molar-refractivity contribution in [1.29, 1.82) is 0 Å². The third-order valence-corrected chi connectivity index (χ3v) is 3.24. The molecular weight excluding hydrogens is 274 g/mol. The normalized spacial score (nSPS) is 10.7. The Labute approximate surface area is 121 Å². The maximum Gasteiger partial charge on any atom is 0.205 e. The molecule has 2 N–H and O–H groups in total. The largest absolute Gasteiger partial charge is 0.326 e. The number of nitrogens with two attached hydrogens (primary N) is 1. The summed E-state index contributed by atoms with van der Waals surface area (Å²) >= 11 is 6.21. The molecule has 0 spiro atoms. The van der Waals surface area contributed by atoms with Gasteiger partial charge in [-0.05, 0) is 16.8 Å². The number of rotatable bonds is 3. The molecule has 100 valence electrons. The third kappa shape index (κ3) is 2.29. The first-order chi connectivity index (χ1) is 9.79. The van der Waals surface area contributed by atoms with Crippen molar-refractivity contribution in [3.05, 3.63) is 59.1 Å². The Morgan fingerprint density at radius 3 is 2.60 bits per heavy atom. The van der Waals surface area contributed by atoms with Crippen molar-refractivity contribution >= 4 is 11.6 Å². The topological polar surface area (TPSA) is 69.6 Å². The lowest BCUT2D eigenvalue weighted by molar-refractivity contribution is 0.711. The lowest BCUT2D eigenvalue weighted by atomic mass is 10.2. The van der Waals surface area contributed by atoms with Crippen LogP contribution in [0.1, 0.15) is 5.56 Å². The Morgan fingerprint density at radius 2 is 1.85 bits per heavy atom. The van der Waals surface area contributed by atoms with Crippen molar-refractivity contribution in [2.75, 3.05) is 0 Å². The average molecular weight is 286 g/mol. The van der Waals surface area contributed by atoms with Crippen molar-refractivity contribution in [1.82, 2.24) is 20.2 Å². The molecule has 5 nitrogen and oxygen atoms in total. The van der Waals surface area contributed by atoms with Gasteiger partial charge >= 0.3 is 0 Å². The van der Waals surface area contributed by atoms with E-state index in [1.54, 1.807) is 6.07 Å². The second-order valence-corrected chi connectivity index (χ2v) is 4.63. The number of hydrogen-bond donors (Lipinski definition) is 1. The van der Waals surface area contributed by atoms with Crippen LogP contribution >= 0.6 is 11.6 Å². The number of para-hydroxylation sites is 1. The van der Waals surface area contributed by atoms with Crippen LogP contribution in [-0.4, -0.2) is 20.2 Å². The standard InChI is InChI=1S/C14H12ClN5/c15-12-8-4-7-11(9-16)13(12)20-18-14(17-19-20)10-5-2-1-3-6-10/h1-8H,9,16H2. The molecule has 1 aromatic heterocycles. The Kier molecular flexibility index (Phi) is 3.45. The highest BCUT2D eigenvalue weighted by atomic mass is 35.5. The van der Waals surface area contributed by atoms with Gasteiger partial charge < -0.3 is 5.73 Å². The highest BCUT2D eigenvalue weighted by molar-refractivity contribution is 6.32. The zero-order valence-corrected chi connectivity index (χ0v) is 11.3. The number of benzene rings is 2. The minimum Gasteiger partial charge on any atom is -0.326 e. The highest BCUT2D eigenvalue weighted by Crippen LogP contribution is 2.23.